The Morgan fingerprint density at radius 1 is 1.05 bits per heavy atom. The summed E-state index contributed by atoms with van der Waals surface area (Å²) < 4.78 is 5.60. The van der Waals surface area contributed by atoms with Gasteiger partial charge in [-0.1, -0.05) is 57.9 Å². The van der Waals surface area contributed by atoms with Crippen LogP contribution in [-0.4, -0.2) is 12.1 Å². The molecule has 2 heteroatoms. The van der Waals surface area contributed by atoms with Crippen LogP contribution in [0.3, 0.4) is 0 Å². The SMILES string of the molecule is CCCCCCC[C@H]1/C=C\CCCCCCCC(=O)O1. The summed E-state index contributed by atoms with van der Waals surface area (Å²) in [5.41, 5.74) is 0. The fourth-order valence-electron chi connectivity index (χ4n) is 2.68. The van der Waals surface area contributed by atoms with E-state index in [4.69, 9.17) is 4.74 Å². The van der Waals surface area contributed by atoms with E-state index >= 15 is 0 Å². The normalized spacial score (nSPS) is 23.4. The Balaban J connectivity index is 2.33. The number of hydrogen-bond donors (Lipinski definition) is 0. The lowest BCUT2D eigenvalue weighted by molar-refractivity contribution is -0.147. The van der Waals surface area contributed by atoms with E-state index in [0.29, 0.717) is 6.42 Å². The van der Waals surface area contributed by atoms with Gasteiger partial charge < -0.3 is 4.74 Å². The minimum Gasteiger partial charge on any atom is -0.458 e. The maximum Gasteiger partial charge on any atom is 0.306 e. The van der Waals surface area contributed by atoms with Gasteiger partial charge in [0.25, 0.3) is 0 Å². The molecule has 0 amide bonds. The maximum absolute atomic E-state index is 11.8. The number of esters is 1. The monoisotopic (exact) mass is 280 g/mol. The second kappa shape index (κ2) is 12.0. The van der Waals surface area contributed by atoms with Crippen LogP contribution in [0.15, 0.2) is 12.2 Å². The molecule has 0 N–H and O–H groups in total. The number of hydrogen-bond acceptors (Lipinski definition) is 2. The zero-order chi connectivity index (χ0) is 14.5. The molecule has 116 valence electrons. The van der Waals surface area contributed by atoms with E-state index in [1.54, 1.807) is 0 Å². The van der Waals surface area contributed by atoms with Crippen LogP contribution in [-0.2, 0) is 9.53 Å². The fourth-order valence-corrected chi connectivity index (χ4v) is 2.68. The van der Waals surface area contributed by atoms with E-state index in [-0.39, 0.29) is 12.1 Å². The summed E-state index contributed by atoms with van der Waals surface area (Å²) in [4.78, 5) is 11.8. The van der Waals surface area contributed by atoms with Crippen LogP contribution in [0.1, 0.15) is 90.4 Å². The molecule has 2 nitrogen and oxygen atoms in total. The van der Waals surface area contributed by atoms with Gasteiger partial charge in [-0.25, -0.2) is 0 Å². The van der Waals surface area contributed by atoms with Gasteiger partial charge in [0.05, 0.1) is 0 Å². The minimum absolute atomic E-state index is 0.00576. The molecule has 20 heavy (non-hydrogen) atoms. The highest BCUT2D eigenvalue weighted by atomic mass is 16.5. The van der Waals surface area contributed by atoms with Crippen molar-refractivity contribution in [1.29, 1.82) is 0 Å². The third kappa shape index (κ3) is 9.17. The molecular formula is C18H32O2. The van der Waals surface area contributed by atoms with Crippen LogP contribution in [0.5, 0.6) is 0 Å². The lowest BCUT2D eigenvalue weighted by Crippen LogP contribution is -2.16. The standard InChI is InChI=1S/C18H32O2/c1-2-3-4-8-11-14-17-15-12-9-6-5-7-10-13-16-18(19)20-17/h12,15,17H,2-11,13-14,16H2,1H3/b15-12-/t17-/m0/s1. The molecule has 0 bridgehead atoms. The van der Waals surface area contributed by atoms with Crippen LogP contribution in [0, 0.1) is 0 Å². The highest BCUT2D eigenvalue weighted by molar-refractivity contribution is 5.69. The molecule has 0 spiro atoms. The van der Waals surface area contributed by atoms with Gasteiger partial charge in [-0.3, -0.25) is 4.79 Å². The molecule has 0 aliphatic carbocycles. The first kappa shape index (κ1) is 17.3. The van der Waals surface area contributed by atoms with Crippen molar-refractivity contribution in [2.75, 3.05) is 0 Å². The van der Waals surface area contributed by atoms with Gasteiger partial charge >= 0.3 is 5.97 Å². The number of allylic oxidation sites excluding steroid dienone is 1. The number of ether oxygens (including phenoxy) is 1. The van der Waals surface area contributed by atoms with Crippen molar-refractivity contribution >= 4 is 5.97 Å². The summed E-state index contributed by atoms with van der Waals surface area (Å²) in [6, 6.07) is 0. The molecule has 1 atom stereocenters. The average Bonchev–Trinajstić information content (AvgIpc) is 2.43. The summed E-state index contributed by atoms with van der Waals surface area (Å²) in [6.45, 7) is 2.23. The molecule has 0 unspecified atom stereocenters. The van der Waals surface area contributed by atoms with Crippen LogP contribution in [0.25, 0.3) is 0 Å². The quantitative estimate of drug-likeness (QED) is 0.362. The van der Waals surface area contributed by atoms with Gasteiger partial charge in [0.1, 0.15) is 6.10 Å². The topological polar surface area (TPSA) is 26.3 Å². The lowest BCUT2D eigenvalue weighted by Gasteiger charge is -2.15. The van der Waals surface area contributed by atoms with Crippen molar-refractivity contribution in [2.45, 2.75) is 96.5 Å². The van der Waals surface area contributed by atoms with Crippen LogP contribution < -0.4 is 0 Å². The molecule has 0 radical (unpaired) electrons. The van der Waals surface area contributed by atoms with Crippen molar-refractivity contribution in [3.63, 3.8) is 0 Å². The van der Waals surface area contributed by atoms with Crippen molar-refractivity contribution in [3.05, 3.63) is 12.2 Å². The molecule has 0 fully saturated rings. The lowest BCUT2D eigenvalue weighted by atomic mass is 10.1. The highest BCUT2D eigenvalue weighted by Crippen LogP contribution is 2.15. The first-order valence-electron chi connectivity index (χ1n) is 8.69. The molecule has 0 saturated carbocycles. The van der Waals surface area contributed by atoms with Gasteiger partial charge in [-0.05, 0) is 38.2 Å². The number of carbonyl (C=O) groups is 1. The van der Waals surface area contributed by atoms with Gasteiger partial charge in [-0.15, -0.1) is 0 Å². The Morgan fingerprint density at radius 2 is 1.80 bits per heavy atom. The predicted octanol–water partition coefficient (Wildman–Crippen LogP) is 5.56. The third-order valence-electron chi connectivity index (χ3n) is 3.98. The second-order valence-corrected chi connectivity index (χ2v) is 5.97. The Kier molecular flexibility index (Phi) is 10.3. The number of cyclic esters (lactones) is 1. The van der Waals surface area contributed by atoms with Gasteiger partial charge in [0.2, 0.25) is 0 Å². The third-order valence-corrected chi connectivity index (χ3v) is 3.98. The first-order valence-corrected chi connectivity index (χ1v) is 8.69. The van der Waals surface area contributed by atoms with Crippen LogP contribution in [0.2, 0.25) is 0 Å². The Bertz CT molecular complexity index is 271. The fraction of sp³-hybridized carbons (Fsp3) is 0.833. The predicted molar refractivity (Wildman–Crippen MR) is 84.7 cm³/mol. The smallest absolute Gasteiger partial charge is 0.306 e. The van der Waals surface area contributed by atoms with Crippen LogP contribution in [0.4, 0.5) is 0 Å². The molecule has 1 rings (SSSR count). The molecule has 0 saturated heterocycles. The summed E-state index contributed by atoms with van der Waals surface area (Å²) in [6.07, 6.45) is 19.4. The Morgan fingerprint density at radius 3 is 2.65 bits per heavy atom. The van der Waals surface area contributed by atoms with E-state index in [0.717, 1.165) is 19.3 Å². The molecule has 1 aliphatic heterocycles. The molecule has 0 aromatic rings. The second-order valence-electron chi connectivity index (χ2n) is 5.97. The highest BCUT2D eigenvalue weighted by Gasteiger charge is 2.11. The van der Waals surface area contributed by atoms with Crippen molar-refractivity contribution in [2.24, 2.45) is 0 Å². The van der Waals surface area contributed by atoms with E-state index < -0.39 is 0 Å². The van der Waals surface area contributed by atoms with Crippen molar-refractivity contribution < 1.29 is 9.53 Å². The largest absolute Gasteiger partial charge is 0.458 e. The molecule has 1 aliphatic rings. The Hall–Kier alpha value is -0.790. The number of unbranched alkanes of at least 4 members (excludes halogenated alkanes) is 4. The average molecular weight is 280 g/mol. The van der Waals surface area contributed by atoms with E-state index in [1.165, 1.54) is 57.8 Å². The zero-order valence-corrected chi connectivity index (χ0v) is 13.2. The maximum atomic E-state index is 11.8. The molecular weight excluding hydrogens is 248 g/mol. The van der Waals surface area contributed by atoms with Gasteiger partial charge in [0.15, 0.2) is 0 Å². The van der Waals surface area contributed by atoms with Crippen molar-refractivity contribution in [1.82, 2.24) is 0 Å². The van der Waals surface area contributed by atoms with Crippen molar-refractivity contribution in [3.8, 4) is 0 Å². The minimum atomic E-state index is -0.00576. The molecule has 0 aromatic carbocycles. The van der Waals surface area contributed by atoms with E-state index in [2.05, 4.69) is 19.1 Å². The summed E-state index contributed by atoms with van der Waals surface area (Å²) in [7, 11) is 0. The van der Waals surface area contributed by atoms with Crippen LogP contribution >= 0.6 is 0 Å². The summed E-state index contributed by atoms with van der Waals surface area (Å²) >= 11 is 0. The summed E-state index contributed by atoms with van der Waals surface area (Å²) in [5.74, 6) is -0.00576. The molecule has 1 heterocycles. The zero-order valence-electron chi connectivity index (χ0n) is 13.2. The van der Waals surface area contributed by atoms with Gasteiger partial charge in [-0.2, -0.15) is 0 Å². The number of carbonyl (C=O) groups excluding carboxylic acids is 1. The molecule has 0 aromatic heterocycles. The number of rotatable bonds is 6. The van der Waals surface area contributed by atoms with Gasteiger partial charge in [0, 0.05) is 6.42 Å². The van der Waals surface area contributed by atoms with E-state index in [1.807, 2.05) is 0 Å². The van der Waals surface area contributed by atoms with E-state index in [9.17, 15) is 4.79 Å². The summed E-state index contributed by atoms with van der Waals surface area (Å²) in [5, 5.41) is 0. The Labute approximate surface area is 125 Å². The first-order chi connectivity index (χ1) is 9.83.